The van der Waals surface area contributed by atoms with E-state index in [9.17, 15) is 0 Å². The second kappa shape index (κ2) is 3.92. The van der Waals surface area contributed by atoms with Gasteiger partial charge in [-0.15, -0.1) is 0 Å². The number of rotatable bonds is 4. The molecule has 0 saturated heterocycles. The lowest BCUT2D eigenvalue weighted by molar-refractivity contribution is 0.408. The number of nitrogens with zero attached hydrogens (tertiary/aromatic N) is 3. The van der Waals surface area contributed by atoms with Crippen LogP contribution >= 0.6 is 0 Å². The van der Waals surface area contributed by atoms with Crippen LogP contribution < -0.4 is 5.32 Å². The van der Waals surface area contributed by atoms with Crippen LogP contribution in [0.1, 0.15) is 0 Å². The zero-order valence-electron chi connectivity index (χ0n) is 6.66. The molecule has 0 saturated carbocycles. The van der Waals surface area contributed by atoms with Crippen LogP contribution in [0.15, 0.2) is 4.52 Å². The van der Waals surface area contributed by atoms with Crippen molar-refractivity contribution in [2.75, 3.05) is 32.5 Å². The third-order valence-corrected chi connectivity index (χ3v) is 1.16. The molecule has 0 spiro atoms. The van der Waals surface area contributed by atoms with Gasteiger partial charge in [0, 0.05) is 13.1 Å². The highest BCUT2D eigenvalue weighted by Gasteiger charge is 1.96. The monoisotopic (exact) mass is 155 g/mol. The van der Waals surface area contributed by atoms with Crippen LogP contribution in [-0.2, 0) is 0 Å². The molecule has 1 radical (unpaired) electrons. The quantitative estimate of drug-likeness (QED) is 0.655. The summed E-state index contributed by atoms with van der Waals surface area (Å²) in [6, 6.07) is 0.423. The lowest BCUT2D eigenvalue weighted by atomic mass is 10.6. The predicted octanol–water partition coefficient (Wildman–Crippen LogP) is -0.157. The molecule has 0 aromatic carbocycles. The Kier molecular flexibility index (Phi) is 2.85. The van der Waals surface area contributed by atoms with Gasteiger partial charge in [-0.3, -0.25) is 0 Å². The summed E-state index contributed by atoms with van der Waals surface area (Å²) in [7, 11) is 4.00. The Morgan fingerprint density at radius 3 is 3.00 bits per heavy atom. The average Bonchev–Trinajstić information content (AvgIpc) is 2.39. The highest BCUT2D eigenvalue weighted by molar-refractivity contribution is 5.14. The minimum atomic E-state index is 0.423. The standard InChI is InChI=1S/C6H11N4O/c1-10(2)4-3-7-6-8-5-9-11-6/h3-4H2,1-2H3,(H,7,8,9). The summed E-state index contributed by atoms with van der Waals surface area (Å²) in [6.07, 6.45) is 2.33. The number of anilines is 1. The van der Waals surface area contributed by atoms with E-state index >= 15 is 0 Å². The van der Waals surface area contributed by atoms with Crippen molar-refractivity contribution in [3.8, 4) is 0 Å². The molecular formula is C6H11N4O. The summed E-state index contributed by atoms with van der Waals surface area (Å²) < 4.78 is 4.67. The minimum Gasteiger partial charge on any atom is -0.336 e. The minimum absolute atomic E-state index is 0.423. The van der Waals surface area contributed by atoms with Crippen molar-refractivity contribution < 1.29 is 4.52 Å². The predicted molar refractivity (Wildman–Crippen MR) is 40.2 cm³/mol. The molecule has 1 aromatic heterocycles. The van der Waals surface area contributed by atoms with Crippen molar-refractivity contribution in [3.05, 3.63) is 6.33 Å². The maximum absolute atomic E-state index is 4.67. The third-order valence-electron chi connectivity index (χ3n) is 1.16. The van der Waals surface area contributed by atoms with Gasteiger partial charge in [0.1, 0.15) is 0 Å². The Labute approximate surface area is 65.4 Å². The number of aromatic nitrogens is 2. The first-order chi connectivity index (χ1) is 5.29. The van der Waals surface area contributed by atoms with Crippen molar-refractivity contribution in [3.63, 3.8) is 0 Å². The summed E-state index contributed by atoms with van der Waals surface area (Å²) in [6.45, 7) is 1.73. The first-order valence-electron chi connectivity index (χ1n) is 3.37. The van der Waals surface area contributed by atoms with E-state index in [0.29, 0.717) is 6.01 Å². The smallest absolute Gasteiger partial charge is 0.321 e. The van der Waals surface area contributed by atoms with E-state index in [2.05, 4.69) is 31.2 Å². The van der Waals surface area contributed by atoms with Gasteiger partial charge in [-0.2, -0.15) is 4.98 Å². The zero-order valence-corrected chi connectivity index (χ0v) is 6.66. The summed E-state index contributed by atoms with van der Waals surface area (Å²) >= 11 is 0. The molecule has 0 aliphatic carbocycles. The van der Waals surface area contributed by atoms with Gasteiger partial charge in [-0.1, -0.05) is 5.16 Å². The van der Waals surface area contributed by atoms with Crippen molar-refractivity contribution in [1.29, 1.82) is 0 Å². The van der Waals surface area contributed by atoms with Crippen LogP contribution in [0.2, 0.25) is 0 Å². The van der Waals surface area contributed by atoms with Gasteiger partial charge in [0.2, 0.25) is 6.33 Å². The normalized spacial score (nSPS) is 10.5. The van der Waals surface area contributed by atoms with Crippen LogP contribution in [-0.4, -0.2) is 42.2 Å². The average molecular weight is 155 g/mol. The van der Waals surface area contributed by atoms with Gasteiger partial charge in [0.25, 0.3) is 0 Å². The molecule has 11 heavy (non-hydrogen) atoms. The molecule has 1 aromatic rings. The Morgan fingerprint density at radius 2 is 2.45 bits per heavy atom. The maximum atomic E-state index is 4.67. The van der Waals surface area contributed by atoms with Crippen LogP contribution in [0.25, 0.3) is 0 Å². The Bertz CT molecular complexity index is 184. The van der Waals surface area contributed by atoms with Crippen molar-refractivity contribution >= 4 is 6.01 Å². The number of hydrogen-bond donors (Lipinski definition) is 1. The molecule has 1 N–H and O–H groups in total. The molecular weight excluding hydrogens is 144 g/mol. The molecule has 5 heteroatoms. The van der Waals surface area contributed by atoms with Gasteiger partial charge in [-0.05, 0) is 14.1 Å². The Hall–Kier alpha value is -1.10. The first kappa shape index (κ1) is 8.00. The summed E-state index contributed by atoms with van der Waals surface area (Å²) in [5, 5.41) is 6.28. The second-order valence-electron chi connectivity index (χ2n) is 2.43. The molecule has 1 rings (SSSR count). The summed E-state index contributed by atoms with van der Waals surface area (Å²) in [5.74, 6) is 0. The van der Waals surface area contributed by atoms with E-state index in [4.69, 9.17) is 0 Å². The van der Waals surface area contributed by atoms with E-state index in [1.807, 2.05) is 14.1 Å². The van der Waals surface area contributed by atoms with Gasteiger partial charge in [-0.25, -0.2) is 0 Å². The van der Waals surface area contributed by atoms with Crippen molar-refractivity contribution in [2.45, 2.75) is 0 Å². The fraction of sp³-hybridized carbons (Fsp3) is 0.667. The highest BCUT2D eigenvalue weighted by Crippen LogP contribution is 1.95. The van der Waals surface area contributed by atoms with E-state index in [1.165, 1.54) is 0 Å². The molecule has 1 heterocycles. The van der Waals surface area contributed by atoms with Gasteiger partial charge < -0.3 is 14.7 Å². The maximum Gasteiger partial charge on any atom is 0.321 e. The Morgan fingerprint density at radius 1 is 1.64 bits per heavy atom. The lowest BCUT2D eigenvalue weighted by Crippen LogP contribution is -2.20. The molecule has 0 fully saturated rings. The van der Waals surface area contributed by atoms with Crippen LogP contribution in [0, 0.1) is 6.33 Å². The molecule has 61 valence electrons. The van der Waals surface area contributed by atoms with Crippen molar-refractivity contribution in [1.82, 2.24) is 15.0 Å². The summed E-state index contributed by atoms with van der Waals surface area (Å²) in [4.78, 5) is 5.74. The van der Waals surface area contributed by atoms with Crippen LogP contribution in [0.5, 0.6) is 0 Å². The molecule has 0 aliphatic rings. The SMILES string of the molecule is CN(C)CCNc1n[c]no1. The molecule has 0 amide bonds. The number of nitrogens with one attached hydrogen (secondary N) is 1. The second-order valence-corrected chi connectivity index (χ2v) is 2.43. The topological polar surface area (TPSA) is 54.2 Å². The zero-order chi connectivity index (χ0) is 8.10. The lowest BCUT2D eigenvalue weighted by Gasteiger charge is -2.07. The van der Waals surface area contributed by atoms with E-state index in [-0.39, 0.29) is 0 Å². The fourth-order valence-electron chi connectivity index (χ4n) is 0.608. The Balaban J connectivity index is 2.14. The first-order valence-corrected chi connectivity index (χ1v) is 3.37. The van der Waals surface area contributed by atoms with E-state index in [1.54, 1.807) is 0 Å². The largest absolute Gasteiger partial charge is 0.336 e. The molecule has 0 bridgehead atoms. The van der Waals surface area contributed by atoms with Gasteiger partial charge >= 0.3 is 6.01 Å². The van der Waals surface area contributed by atoms with Crippen LogP contribution in [0.3, 0.4) is 0 Å². The molecule has 0 unspecified atom stereocenters. The summed E-state index contributed by atoms with van der Waals surface area (Å²) in [5.41, 5.74) is 0. The fourth-order valence-corrected chi connectivity index (χ4v) is 0.608. The molecule has 0 aliphatic heterocycles. The molecule has 0 atom stereocenters. The highest BCUT2D eigenvalue weighted by atomic mass is 16.5. The van der Waals surface area contributed by atoms with E-state index < -0.39 is 0 Å². The van der Waals surface area contributed by atoms with E-state index in [0.717, 1.165) is 13.1 Å². The molecule has 5 nitrogen and oxygen atoms in total. The van der Waals surface area contributed by atoms with Gasteiger partial charge in [0.05, 0.1) is 0 Å². The van der Waals surface area contributed by atoms with Crippen molar-refractivity contribution in [2.24, 2.45) is 0 Å². The number of hydrogen-bond acceptors (Lipinski definition) is 5. The van der Waals surface area contributed by atoms with Crippen LogP contribution in [0.4, 0.5) is 6.01 Å². The number of likely N-dealkylation sites (N-methyl/N-ethyl adjacent to an activating group) is 1. The van der Waals surface area contributed by atoms with Gasteiger partial charge in [0.15, 0.2) is 0 Å². The third kappa shape index (κ3) is 2.99.